The van der Waals surface area contributed by atoms with Gasteiger partial charge in [-0.3, -0.25) is 4.79 Å². The van der Waals surface area contributed by atoms with E-state index in [2.05, 4.69) is 5.10 Å². The van der Waals surface area contributed by atoms with Crippen LogP contribution in [0.25, 0.3) is 10.8 Å². The van der Waals surface area contributed by atoms with Gasteiger partial charge in [0.25, 0.3) is 5.56 Å². The van der Waals surface area contributed by atoms with Gasteiger partial charge in [-0.25, -0.2) is 4.68 Å². The molecular formula is C11H12N2O3. The van der Waals surface area contributed by atoms with Crippen molar-refractivity contribution in [2.24, 2.45) is 0 Å². The lowest BCUT2D eigenvalue weighted by molar-refractivity contribution is 0.376. The van der Waals surface area contributed by atoms with E-state index >= 15 is 0 Å². The number of benzene rings is 1. The Hall–Kier alpha value is -2.04. The lowest BCUT2D eigenvalue weighted by atomic mass is 10.1. The summed E-state index contributed by atoms with van der Waals surface area (Å²) in [5, 5.41) is 14.7. The van der Waals surface area contributed by atoms with Gasteiger partial charge in [0.1, 0.15) is 0 Å². The van der Waals surface area contributed by atoms with Gasteiger partial charge in [-0.1, -0.05) is 0 Å². The summed E-state index contributed by atoms with van der Waals surface area (Å²) in [6.07, 6.45) is 1.55. The Kier molecular flexibility index (Phi) is 2.52. The summed E-state index contributed by atoms with van der Waals surface area (Å²) in [4.78, 5) is 11.9. The zero-order chi connectivity index (χ0) is 11.7. The van der Waals surface area contributed by atoms with Gasteiger partial charge in [0, 0.05) is 11.9 Å². The smallest absolute Gasteiger partial charge is 0.278 e. The number of aryl methyl sites for hydroxylation is 1. The van der Waals surface area contributed by atoms with Crippen molar-refractivity contribution >= 4 is 10.8 Å². The fraction of sp³-hybridized carbons (Fsp3) is 0.273. The molecule has 0 aliphatic heterocycles. The standard InChI is InChI=1S/C11H12N2O3/c1-3-13-11(15)9-7(6-12-13)4-5-8(16-2)10(9)14/h4-6,14H,3H2,1-2H3. The Labute approximate surface area is 91.9 Å². The maximum absolute atomic E-state index is 11.9. The zero-order valence-electron chi connectivity index (χ0n) is 9.10. The van der Waals surface area contributed by atoms with E-state index < -0.39 is 0 Å². The van der Waals surface area contributed by atoms with Crippen molar-refractivity contribution in [2.45, 2.75) is 13.5 Å². The topological polar surface area (TPSA) is 64.3 Å². The summed E-state index contributed by atoms with van der Waals surface area (Å²) in [5.74, 6) is 0.160. The minimum absolute atomic E-state index is 0.130. The molecule has 0 saturated heterocycles. The van der Waals surface area contributed by atoms with Gasteiger partial charge in [0.05, 0.1) is 18.7 Å². The summed E-state index contributed by atoms with van der Waals surface area (Å²) in [6, 6.07) is 3.30. The van der Waals surface area contributed by atoms with Crippen molar-refractivity contribution in [1.29, 1.82) is 0 Å². The quantitative estimate of drug-likeness (QED) is 0.824. The van der Waals surface area contributed by atoms with Crippen LogP contribution in [0.15, 0.2) is 23.1 Å². The summed E-state index contributed by atoms with van der Waals surface area (Å²) >= 11 is 0. The van der Waals surface area contributed by atoms with Gasteiger partial charge in [0.15, 0.2) is 11.5 Å². The second-order valence-corrected chi connectivity index (χ2v) is 3.35. The highest BCUT2D eigenvalue weighted by atomic mass is 16.5. The Bertz CT molecular complexity index is 584. The van der Waals surface area contributed by atoms with Crippen molar-refractivity contribution in [1.82, 2.24) is 9.78 Å². The van der Waals surface area contributed by atoms with E-state index in [-0.39, 0.29) is 16.7 Å². The molecule has 1 aromatic carbocycles. The second-order valence-electron chi connectivity index (χ2n) is 3.35. The number of aromatic nitrogens is 2. The monoisotopic (exact) mass is 220 g/mol. The van der Waals surface area contributed by atoms with Crippen LogP contribution in [-0.4, -0.2) is 22.0 Å². The summed E-state index contributed by atoms with van der Waals surface area (Å²) in [7, 11) is 1.44. The molecule has 0 fully saturated rings. The van der Waals surface area contributed by atoms with Crippen LogP contribution in [0.4, 0.5) is 0 Å². The van der Waals surface area contributed by atoms with Crippen LogP contribution in [0.2, 0.25) is 0 Å². The second kappa shape index (κ2) is 3.84. The molecule has 2 rings (SSSR count). The van der Waals surface area contributed by atoms with Crippen molar-refractivity contribution in [3.05, 3.63) is 28.7 Å². The number of hydrogen-bond donors (Lipinski definition) is 1. The molecule has 0 spiro atoms. The van der Waals surface area contributed by atoms with Gasteiger partial charge >= 0.3 is 0 Å². The molecule has 5 nitrogen and oxygen atoms in total. The highest BCUT2D eigenvalue weighted by Crippen LogP contribution is 2.31. The van der Waals surface area contributed by atoms with E-state index in [1.54, 1.807) is 18.3 Å². The summed E-state index contributed by atoms with van der Waals surface area (Å²) in [5.41, 5.74) is -0.309. The minimum Gasteiger partial charge on any atom is -0.504 e. The van der Waals surface area contributed by atoms with Crippen molar-refractivity contribution in [3.63, 3.8) is 0 Å². The van der Waals surface area contributed by atoms with E-state index in [4.69, 9.17) is 4.74 Å². The molecule has 1 N–H and O–H groups in total. The first-order valence-corrected chi connectivity index (χ1v) is 4.94. The number of rotatable bonds is 2. The van der Waals surface area contributed by atoms with E-state index in [0.29, 0.717) is 17.7 Å². The van der Waals surface area contributed by atoms with E-state index in [1.807, 2.05) is 6.92 Å². The average molecular weight is 220 g/mol. The van der Waals surface area contributed by atoms with Crippen molar-refractivity contribution < 1.29 is 9.84 Å². The largest absolute Gasteiger partial charge is 0.504 e. The first-order chi connectivity index (χ1) is 7.69. The molecule has 84 valence electrons. The molecule has 1 aromatic heterocycles. The molecule has 2 aromatic rings. The average Bonchev–Trinajstić information content (AvgIpc) is 2.30. The third kappa shape index (κ3) is 1.41. The minimum atomic E-state index is -0.309. The molecule has 0 aliphatic carbocycles. The van der Waals surface area contributed by atoms with Crippen LogP contribution < -0.4 is 10.3 Å². The van der Waals surface area contributed by atoms with Gasteiger partial charge in [0.2, 0.25) is 0 Å². The highest BCUT2D eigenvalue weighted by Gasteiger charge is 2.11. The molecule has 0 bridgehead atoms. The molecule has 1 heterocycles. The molecule has 0 amide bonds. The van der Waals surface area contributed by atoms with E-state index in [1.165, 1.54) is 11.8 Å². The van der Waals surface area contributed by atoms with Crippen LogP contribution in [0.3, 0.4) is 0 Å². The normalized spacial score (nSPS) is 10.6. The molecular weight excluding hydrogens is 208 g/mol. The molecule has 0 saturated carbocycles. The van der Waals surface area contributed by atoms with Crippen LogP contribution in [0.1, 0.15) is 6.92 Å². The number of aromatic hydroxyl groups is 1. The highest BCUT2D eigenvalue weighted by molar-refractivity contribution is 5.88. The van der Waals surface area contributed by atoms with Crippen molar-refractivity contribution in [3.8, 4) is 11.5 Å². The van der Waals surface area contributed by atoms with Gasteiger partial charge in [-0.15, -0.1) is 0 Å². The molecule has 0 atom stereocenters. The maximum atomic E-state index is 11.9. The maximum Gasteiger partial charge on any atom is 0.278 e. The molecule has 0 unspecified atom stereocenters. The SMILES string of the molecule is CCn1ncc2ccc(OC)c(O)c2c1=O. The first-order valence-electron chi connectivity index (χ1n) is 4.94. The molecule has 0 radical (unpaired) electrons. The molecule has 16 heavy (non-hydrogen) atoms. The van der Waals surface area contributed by atoms with E-state index in [9.17, 15) is 9.90 Å². The Morgan fingerprint density at radius 3 is 2.88 bits per heavy atom. The van der Waals surface area contributed by atoms with Crippen LogP contribution in [-0.2, 0) is 6.54 Å². The lowest BCUT2D eigenvalue weighted by Crippen LogP contribution is -2.21. The van der Waals surface area contributed by atoms with Gasteiger partial charge in [-0.2, -0.15) is 5.10 Å². The zero-order valence-corrected chi connectivity index (χ0v) is 9.10. The van der Waals surface area contributed by atoms with Crippen molar-refractivity contribution in [2.75, 3.05) is 7.11 Å². The number of nitrogens with zero attached hydrogens (tertiary/aromatic N) is 2. The lowest BCUT2D eigenvalue weighted by Gasteiger charge is -2.07. The number of phenolic OH excluding ortho intramolecular Hbond substituents is 1. The molecule has 0 aliphatic rings. The Balaban J connectivity index is 2.89. The Morgan fingerprint density at radius 2 is 2.25 bits per heavy atom. The third-order valence-electron chi connectivity index (χ3n) is 2.48. The van der Waals surface area contributed by atoms with Crippen LogP contribution in [0.5, 0.6) is 11.5 Å². The third-order valence-corrected chi connectivity index (χ3v) is 2.48. The fourth-order valence-electron chi connectivity index (χ4n) is 1.62. The number of phenols is 1. The van der Waals surface area contributed by atoms with Crippen LogP contribution >= 0.6 is 0 Å². The van der Waals surface area contributed by atoms with Gasteiger partial charge < -0.3 is 9.84 Å². The Morgan fingerprint density at radius 1 is 1.50 bits per heavy atom. The van der Waals surface area contributed by atoms with Gasteiger partial charge in [-0.05, 0) is 19.1 Å². The predicted octanol–water partition coefficient (Wildman–Crippen LogP) is 1.13. The van der Waals surface area contributed by atoms with E-state index in [0.717, 1.165) is 0 Å². The number of fused-ring (bicyclic) bond motifs is 1. The first kappa shape index (κ1) is 10.5. The summed E-state index contributed by atoms with van der Waals surface area (Å²) < 4.78 is 6.26. The summed E-state index contributed by atoms with van der Waals surface area (Å²) in [6.45, 7) is 2.28. The number of hydrogen-bond acceptors (Lipinski definition) is 4. The number of ether oxygens (including phenoxy) is 1. The fourth-order valence-corrected chi connectivity index (χ4v) is 1.62. The molecule has 5 heteroatoms. The van der Waals surface area contributed by atoms with Crippen LogP contribution in [0, 0.1) is 0 Å². The number of methoxy groups -OCH3 is 1. The predicted molar refractivity (Wildman–Crippen MR) is 59.9 cm³/mol.